The Hall–Kier alpha value is -1.55. The Balaban J connectivity index is 1.56. The SMILES string of the molecule is Clc1ccc(/C(=N\OCc2ccccc2)C2C3CNC[C@@H]32)cc1Cl. The zero-order chi connectivity index (χ0) is 16.5. The molecule has 24 heavy (non-hydrogen) atoms. The molecule has 0 spiro atoms. The van der Waals surface area contributed by atoms with Crippen molar-refractivity contribution in [3.63, 3.8) is 0 Å². The molecule has 0 amide bonds. The molecular formula is C19H18Cl2N2O. The summed E-state index contributed by atoms with van der Waals surface area (Å²) >= 11 is 12.2. The molecule has 2 aromatic carbocycles. The van der Waals surface area contributed by atoms with E-state index in [0.717, 1.165) is 29.9 Å². The van der Waals surface area contributed by atoms with Crippen molar-refractivity contribution in [2.45, 2.75) is 6.61 Å². The molecule has 3 nitrogen and oxygen atoms in total. The van der Waals surface area contributed by atoms with Crippen LogP contribution >= 0.6 is 23.2 Å². The van der Waals surface area contributed by atoms with Crippen LogP contribution in [0.2, 0.25) is 10.0 Å². The first-order valence-electron chi connectivity index (χ1n) is 8.14. The van der Waals surface area contributed by atoms with Crippen molar-refractivity contribution < 1.29 is 4.84 Å². The van der Waals surface area contributed by atoms with Gasteiger partial charge >= 0.3 is 0 Å². The summed E-state index contributed by atoms with van der Waals surface area (Å²) in [4.78, 5) is 5.66. The van der Waals surface area contributed by atoms with Crippen molar-refractivity contribution in [1.29, 1.82) is 0 Å². The van der Waals surface area contributed by atoms with Crippen LogP contribution in [-0.4, -0.2) is 18.8 Å². The first-order chi connectivity index (χ1) is 11.7. The van der Waals surface area contributed by atoms with Crippen LogP contribution in [0.3, 0.4) is 0 Å². The normalized spacial score (nSPS) is 25.4. The summed E-state index contributed by atoms with van der Waals surface area (Å²) in [5.74, 6) is 1.75. The molecule has 2 fully saturated rings. The van der Waals surface area contributed by atoms with E-state index in [1.54, 1.807) is 0 Å². The van der Waals surface area contributed by atoms with Gasteiger partial charge < -0.3 is 10.2 Å². The molecule has 2 aliphatic rings. The second kappa shape index (κ2) is 6.75. The van der Waals surface area contributed by atoms with Crippen LogP contribution in [0, 0.1) is 17.8 Å². The second-order valence-electron chi connectivity index (χ2n) is 6.38. The van der Waals surface area contributed by atoms with Gasteiger partial charge in [-0.25, -0.2) is 0 Å². The maximum Gasteiger partial charge on any atom is 0.142 e. The van der Waals surface area contributed by atoms with Gasteiger partial charge in [-0.05, 0) is 42.6 Å². The number of rotatable bonds is 5. The first-order valence-corrected chi connectivity index (χ1v) is 8.89. The molecule has 4 rings (SSSR count). The van der Waals surface area contributed by atoms with E-state index in [1.807, 2.05) is 48.5 Å². The molecule has 1 aliphatic heterocycles. The molecule has 1 aliphatic carbocycles. The molecule has 124 valence electrons. The second-order valence-corrected chi connectivity index (χ2v) is 7.19. The third-order valence-electron chi connectivity index (χ3n) is 4.86. The maximum absolute atomic E-state index is 6.19. The third-order valence-corrected chi connectivity index (χ3v) is 5.60. The van der Waals surface area contributed by atoms with Gasteiger partial charge in [-0.3, -0.25) is 0 Å². The number of nitrogens with one attached hydrogen (secondary N) is 1. The molecule has 2 aromatic rings. The highest BCUT2D eigenvalue weighted by Crippen LogP contribution is 2.50. The third kappa shape index (κ3) is 3.16. The maximum atomic E-state index is 6.19. The number of benzene rings is 2. The summed E-state index contributed by atoms with van der Waals surface area (Å²) in [6, 6.07) is 15.7. The number of oxime groups is 1. The standard InChI is InChI=1S/C19H18Cl2N2O/c20-16-7-6-13(8-17(16)21)19(18-14-9-22-10-15(14)18)23-24-11-12-4-2-1-3-5-12/h1-8,14-15,18,22H,9-11H2/b23-19+/t14-,15?,18?/m0/s1. The molecule has 0 aromatic heterocycles. The smallest absolute Gasteiger partial charge is 0.142 e. The highest BCUT2D eigenvalue weighted by atomic mass is 35.5. The lowest BCUT2D eigenvalue weighted by Crippen LogP contribution is -2.20. The molecule has 1 heterocycles. The average Bonchev–Trinajstić information content (AvgIpc) is 3.05. The van der Waals surface area contributed by atoms with Gasteiger partial charge in [-0.2, -0.15) is 0 Å². The largest absolute Gasteiger partial charge is 0.391 e. The van der Waals surface area contributed by atoms with E-state index >= 15 is 0 Å². The van der Waals surface area contributed by atoms with Crippen LogP contribution in [0.4, 0.5) is 0 Å². The van der Waals surface area contributed by atoms with Gasteiger partial charge in [0.05, 0.1) is 15.8 Å². The van der Waals surface area contributed by atoms with Gasteiger partial charge in [0.1, 0.15) is 6.61 Å². The van der Waals surface area contributed by atoms with Gasteiger partial charge in [0, 0.05) is 11.5 Å². The minimum absolute atomic E-state index is 0.444. The van der Waals surface area contributed by atoms with Crippen LogP contribution in [-0.2, 0) is 11.4 Å². The predicted octanol–water partition coefficient (Wildman–Crippen LogP) is 4.38. The Kier molecular flexibility index (Phi) is 4.49. The van der Waals surface area contributed by atoms with E-state index in [2.05, 4.69) is 10.5 Å². The van der Waals surface area contributed by atoms with Crippen molar-refractivity contribution in [2.24, 2.45) is 22.9 Å². The van der Waals surface area contributed by atoms with E-state index in [9.17, 15) is 0 Å². The highest BCUT2D eigenvalue weighted by Gasteiger charge is 2.55. The molecule has 0 radical (unpaired) electrons. The van der Waals surface area contributed by atoms with E-state index < -0.39 is 0 Å². The Labute approximate surface area is 151 Å². The van der Waals surface area contributed by atoms with Crippen LogP contribution in [0.15, 0.2) is 53.7 Å². The number of hydrogen-bond acceptors (Lipinski definition) is 3. The quantitative estimate of drug-likeness (QED) is 0.633. The van der Waals surface area contributed by atoms with Gasteiger partial charge in [0.15, 0.2) is 0 Å². The molecule has 1 saturated heterocycles. The summed E-state index contributed by atoms with van der Waals surface area (Å²) in [6.07, 6.45) is 0. The van der Waals surface area contributed by atoms with Crippen molar-refractivity contribution in [1.82, 2.24) is 5.32 Å². The van der Waals surface area contributed by atoms with Crippen LogP contribution < -0.4 is 5.32 Å². The zero-order valence-corrected chi connectivity index (χ0v) is 14.6. The van der Waals surface area contributed by atoms with Gasteiger partial charge in [0.25, 0.3) is 0 Å². The molecular weight excluding hydrogens is 343 g/mol. The van der Waals surface area contributed by atoms with Gasteiger partial charge in [0.2, 0.25) is 0 Å². The molecule has 0 bridgehead atoms. The molecule has 1 N–H and O–H groups in total. The molecule has 3 atom stereocenters. The topological polar surface area (TPSA) is 33.6 Å². The van der Waals surface area contributed by atoms with Gasteiger partial charge in [-0.1, -0.05) is 64.8 Å². The number of hydrogen-bond donors (Lipinski definition) is 1. The van der Waals surface area contributed by atoms with Crippen molar-refractivity contribution >= 4 is 28.9 Å². The lowest BCUT2D eigenvalue weighted by atomic mass is 10.0. The summed E-state index contributed by atoms with van der Waals surface area (Å²) < 4.78 is 0. The number of nitrogens with zero attached hydrogens (tertiary/aromatic N) is 1. The fourth-order valence-electron chi connectivity index (χ4n) is 3.54. The first kappa shape index (κ1) is 15.9. The molecule has 1 saturated carbocycles. The zero-order valence-electron chi connectivity index (χ0n) is 13.1. The lowest BCUT2D eigenvalue weighted by molar-refractivity contribution is 0.129. The summed E-state index contributed by atoms with van der Waals surface area (Å²) in [5.41, 5.74) is 3.09. The van der Waals surface area contributed by atoms with Crippen LogP contribution in [0.5, 0.6) is 0 Å². The Morgan fingerprint density at radius 1 is 1.04 bits per heavy atom. The fourth-order valence-corrected chi connectivity index (χ4v) is 3.83. The Morgan fingerprint density at radius 2 is 1.79 bits per heavy atom. The average molecular weight is 361 g/mol. The van der Waals surface area contributed by atoms with Crippen LogP contribution in [0.1, 0.15) is 11.1 Å². The number of piperidine rings is 1. The van der Waals surface area contributed by atoms with Crippen molar-refractivity contribution in [2.75, 3.05) is 13.1 Å². The summed E-state index contributed by atoms with van der Waals surface area (Å²) in [5, 5.41) is 9.02. The van der Waals surface area contributed by atoms with Gasteiger partial charge in [-0.15, -0.1) is 0 Å². The Bertz CT molecular complexity index is 753. The van der Waals surface area contributed by atoms with E-state index in [4.69, 9.17) is 28.0 Å². The highest BCUT2D eigenvalue weighted by molar-refractivity contribution is 6.42. The monoisotopic (exact) mass is 360 g/mol. The fraction of sp³-hybridized carbons (Fsp3) is 0.316. The predicted molar refractivity (Wildman–Crippen MR) is 97.6 cm³/mol. The minimum atomic E-state index is 0.444. The summed E-state index contributed by atoms with van der Waals surface area (Å²) in [6.45, 7) is 2.56. The van der Waals surface area contributed by atoms with Crippen molar-refractivity contribution in [3.8, 4) is 0 Å². The number of halogens is 2. The Morgan fingerprint density at radius 3 is 2.50 bits per heavy atom. The number of fused-ring (bicyclic) bond motifs is 1. The van der Waals surface area contributed by atoms with Crippen molar-refractivity contribution in [3.05, 3.63) is 69.7 Å². The van der Waals surface area contributed by atoms with E-state index in [0.29, 0.717) is 34.4 Å². The van der Waals surface area contributed by atoms with E-state index in [1.165, 1.54) is 0 Å². The minimum Gasteiger partial charge on any atom is -0.391 e. The van der Waals surface area contributed by atoms with Crippen LogP contribution in [0.25, 0.3) is 0 Å². The lowest BCUT2D eigenvalue weighted by Gasteiger charge is -2.10. The molecule has 2 unspecified atom stereocenters. The van der Waals surface area contributed by atoms with E-state index in [-0.39, 0.29) is 0 Å². The molecule has 5 heteroatoms. The summed E-state index contributed by atoms with van der Waals surface area (Å²) in [7, 11) is 0.